The highest BCUT2D eigenvalue weighted by molar-refractivity contribution is 6.59. The Bertz CT molecular complexity index is 390. The summed E-state index contributed by atoms with van der Waals surface area (Å²) in [6.45, 7) is 1.64. The van der Waals surface area contributed by atoms with Crippen LogP contribution in [0.3, 0.4) is 0 Å². The highest BCUT2D eigenvalue weighted by atomic mass is 16.5. The molecular weight excluding hydrogens is 235 g/mol. The minimum atomic E-state index is -1.51. The molecule has 0 aromatic heterocycles. The van der Waals surface area contributed by atoms with E-state index in [0.717, 1.165) is 18.6 Å². The van der Waals surface area contributed by atoms with Crippen LogP contribution < -0.4 is 10.2 Å². The van der Waals surface area contributed by atoms with E-state index in [2.05, 4.69) is 0 Å². The molecule has 6 heteroatoms. The normalized spacial score (nSPS) is 18.9. The molecule has 0 aliphatic carbocycles. The van der Waals surface area contributed by atoms with E-state index in [4.69, 9.17) is 14.2 Å². The van der Waals surface area contributed by atoms with E-state index in [1.54, 1.807) is 25.3 Å². The van der Waals surface area contributed by atoms with Crippen LogP contribution in [0.4, 0.5) is 0 Å². The van der Waals surface area contributed by atoms with Crippen molar-refractivity contribution in [1.29, 1.82) is 0 Å². The Morgan fingerprint density at radius 3 is 2.89 bits per heavy atom. The fourth-order valence-corrected chi connectivity index (χ4v) is 1.94. The minimum Gasteiger partial charge on any atom is -0.497 e. The standard InChI is InChI=1S/C12H17BO5/c1-16-10-2-3-12(13(14)15)9(6-10)7-18-11-4-5-17-8-11/h2-3,6,11,14-15H,4-5,7-8H2,1H3. The second-order valence-corrected chi connectivity index (χ2v) is 4.24. The van der Waals surface area contributed by atoms with Crippen molar-refractivity contribution < 1.29 is 24.3 Å². The van der Waals surface area contributed by atoms with Crippen LogP contribution in [0.1, 0.15) is 12.0 Å². The third-order valence-corrected chi connectivity index (χ3v) is 2.99. The summed E-state index contributed by atoms with van der Waals surface area (Å²) in [7, 11) is 0.0640. The van der Waals surface area contributed by atoms with E-state index in [0.29, 0.717) is 24.4 Å². The molecule has 0 radical (unpaired) electrons. The van der Waals surface area contributed by atoms with Crippen molar-refractivity contribution in [1.82, 2.24) is 0 Å². The minimum absolute atomic E-state index is 0.0832. The molecule has 5 nitrogen and oxygen atoms in total. The quantitative estimate of drug-likeness (QED) is 0.703. The zero-order valence-corrected chi connectivity index (χ0v) is 10.3. The molecule has 1 aromatic rings. The third kappa shape index (κ3) is 3.23. The monoisotopic (exact) mass is 252 g/mol. The van der Waals surface area contributed by atoms with Crippen LogP contribution >= 0.6 is 0 Å². The Morgan fingerprint density at radius 1 is 1.44 bits per heavy atom. The van der Waals surface area contributed by atoms with Crippen LogP contribution in [0, 0.1) is 0 Å². The third-order valence-electron chi connectivity index (χ3n) is 2.99. The van der Waals surface area contributed by atoms with Crippen LogP contribution in [0.2, 0.25) is 0 Å². The van der Waals surface area contributed by atoms with Gasteiger partial charge in [-0.2, -0.15) is 0 Å². The van der Waals surface area contributed by atoms with Crippen LogP contribution in [0.15, 0.2) is 18.2 Å². The molecule has 98 valence electrons. The first-order chi connectivity index (χ1) is 8.70. The first-order valence-corrected chi connectivity index (χ1v) is 5.93. The highest BCUT2D eigenvalue weighted by Crippen LogP contribution is 2.15. The maximum absolute atomic E-state index is 9.29. The van der Waals surface area contributed by atoms with Crippen molar-refractivity contribution in [3.8, 4) is 5.75 Å². The molecule has 0 bridgehead atoms. The van der Waals surface area contributed by atoms with Crippen molar-refractivity contribution >= 4 is 12.6 Å². The molecule has 18 heavy (non-hydrogen) atoms. The molecule has 1 unspecified atom stereocenters. The van der Waals surface area contributed by atoms with Gasteiger partial charge >= 0.3 is 7.12 Å². The van der Waals surface area contributed by atoms with Gasteiger partial charge < -0.3 is 24.3 Å². The number of hydrogen-bond acceptors (Lipinski definition) is 5. The molecule has 2 N–H and O–H groups in total. The predicted octanol–water partition coefficient (Wildman–Crippen LogP) is -0.320. The fourth-order valence-electron chi connectivity index (χ4n) is 1.94. The highest BCUT2D eigenvalue weighted by Gasteiger charge is 2.20. The average molecular weight is 252 g/mol. The maximum Gasteiger partial charge on any atom is 0.488 e. The number of benzene rings is 1. The topological polar surface area (TPSA) is 68.2 Å². The summed E-state index contributed by atoms with van der Waals surface area (Å²) in [6, 6.07) is 5.08. The number of methoxy groups -OCH3 is 1. The van der Waals surface area contributed by atoms with Gasteiger partial charge in [0.1, 0.15) is 5.75 Å². The van der Waals surface area contributed by atoms with Crippen LogP contribution in [-0.4, -0.2) is 43.6 Å². The molecule has 0 spiro atoms. The lowest BCUT2D eigenvalue weighted by molar-refractivity contribution is 0.0319. The molecule has 1 heterocycles. The largest absolute Gasteiger partial charge is 0.497 e. The second kappa shape index (κ2) is 6.20. The summed E-state index contributed by atoms with van der Waals surface area (Å²) in [5, 5.41) is 18.6. The van der Waals surface area contributed by atoms with Crippen molar-refractivity contribution in [2.24, 2.45) is 0 Å². The molecule has 0 saturated carbocycles. The van der Waals surface area contributed by atoms with E-state index in [9.17, 15) is 10.0 Å². The average Bonchev–Trinajstić information content (AvgIpc) is 2.88. The molecule has 1 aliphatic rings. The number of ether oxygens (including phenoxy) is 3. The van der Waals surface area contributed by atoms with E-state index in [1.165, 1.54) is 0 Å². The first-order valence-electron chi connectivity index (χ1n) is 5.93. The summed E-state index contributed by atoms with van der Waals surface area (Å²) in [5.74, 6) is 0.667. The van der Waals surface area contributed by atoms with E-state index in [1.807, 2.05) is 0 Å². The maximum atomic E-state index is 9.29. The van der Waals surface area contributed by atoms with Gasteiger partial charge in [0.15, 0.2) is 0 Å². The molecule has 1 fully saturated rings. The Hall–Kier alpha value is -1.08. The predicted molar refractivity (Wildman–Crippen MR) is 66.8 cm³/mol. The van der Waals surface area contributed by atoms with Gasteiger partial charge in [0, 0.05) is 6.61 Å². The second-order valence-electron chi connectivity index (χ2n) is 4.24. The molecular formula is C12H17BO5. The van der Waals surface area contributed by atoms with Crippen LogP contribution in [0.5, 0.6) is 5.75 Å². The molecule has 2 rings (SSSR count). The van der Waals surface area contributed by atoms with Crippen molar-refractivity contribution in [2.75, 3.05) is 20.3 Å². The van der Waals surface area contributed by atoms with Gasteiger partial charge in [-0.05, 0) is 29.6 Å². The fraction of sp³-hybridized carbons (Fsp3) is 0.500. The van der Waals surface area contributed by atoms with Crippen molar-refractivity contribution in [3.63, 3.8) is 0 Å². The van der Waals surface area contributed by atoms with Gasteiger partial charge in [-0.15, -0.1) is 0 Å². The van der Waals surface area contributed by atoms with Crippen molar-refractivity contribution in [2.45, 2.75) is 19.1 Å². The Labute approximate surface area is 106 Å². The Morgan fingerprint density at radius 2 is 2.28 bits per heavy atom. The lowest BCUT2D eigenvalue weighted by atomic mass is 9.77. The zero-order valence-electron chi connectivity index (χ0n) is 10.3. The summed E-state index contributed by atoms with van der Waals surface area (Å²) < 4.78 is 16.0. The molecule has 1 aliphatic heterocycles. The van der Waals surface area contributed by atoms with Crippen LogP contribution in [0.25, 0.3) is 0 Å². The summed E-state index contributed by atoms with van der Waals surface area (Å²) in [5.41, 5.74) is 1.16. The molecule has 1 aromatic carbocycles. The molecule has 0 amide bonds. The van der Waals surface area contributed by atoms with Gasteiger partial charge in [-0.25, -0.2) is 0 Å². The number of hydrogen-bond donors (Lipinski definition) is 2. The van der Waals surface area contributed by atoms with Gasteiger partial charge in [0.05, 0.1) is 26.4 Å². The van der Waals surface area contributed by atoms with Gasteiger partial charge in [0.25, 0.3) is 0 Å². The Kier molecular flexibility index (Phi) is 4.60. The first kappa shape index (κ1) is 13.4. The van der Waals surface area contributed by atoms with Crippen LogP contribution in [-0.2, 0) is 16.1 Å². The van der Waals surface area contributed by atoms with E-state index < -0.39 is 7.12 Å². The lowest BCUT2D eigenvalue weighted by Gasteiger charge is -2.14. The zero-order chi connectivity index (χ0) is 13.0. The summed E-state index contributed by atoms with van der Waals surface area (Å²) >= 11 is 0. The Balaban J connectivity index is 2.07. The smallest absolute Gasteiger partial charge is 0.488 e. The molecule has 1 saturated heterocycles. The summed E-state index contributed by atoms with van der Waals surface area (Å²) in [6.07, 6.45) is 0.959. The van der Waals surface area contributed by atoms with Gasteiger partial charge in [-0.3, -0.25) is 0 Å². The SMILES string of the molecule is COc1ccc(B(O)O)c(COC2CCOC2)c1. The van der Waals surface area contributed by atoms with E-state index in [-0.39, 0.29) is 6.10 Å². The molecule has 1 atom stereocenters. The summed E-state index contributed by atoms with van der Waals surface area (Å²) in [4.78, 5) is 0. The van der Waals surface area contributed by atoms with Crippen molar-refractivity contribution in [3.05, 3.63) is 23.8 Å². The van der Waals surface area contributed by atoms with E-state index >= 15 is 0 Å². The van der Waals surface area contributed by atoms with Gasteiger partial charge in [-0.1, -0.05) is 6.07 Å². The lowest BCUT2D eigenvalue weighted by Crippen LogP contribution is -2.33. The van der Waals surface area contributed by atoms with Gasteiger partial charge in [0.2, 0.25) is 0 Å². The number of rotatable bonds is 5.